The molecule has 0 aliphatic carbocycles. The van der Waals surface area contributed by atoms with Crippen molar-refractivity contribution >= 4 is 12.2 Å². The van der Waals surface area contributed by atoms with Crippen LogP contribution in [-0.4, -0.2) is 25.4 Å². The SMILES string of the molecule is CCOc1cc(C=O)ccc1OCC(=O)NC(C)c1ccc(C)c(C)c1. The molecule has 0 saturated carbocycles. The van der Waals surface area contributed by atoms with Crippen LogP contribution in [0.3, 0.4) is 0 Å². The number of aldehydes is 1. The monoisotopic (exact) mass is 355 g/mol. The van der Waals surface area contributed by atoms with Gasteiger partial charge in [0.2, 0.25) is 0 Å². The number of ether oxygens (including phenoxy) is 2. The van der Waals surface area contributed by atoms with Crippen LogP contribution in [0, 0.1) is 13.8 Å². The van der Waals surface area contributed by atoms with Crippen molar-refractivity contribution in [2.75, 3.05) is 13.2 Å². The van der Waals surface area contributed by atoms with Gasteiger partial charge in [-0.2, -0.15) is 0 Å². The highest BCUT2D eigenvalue weighted by Crippen LogP contribution is 2.28. The summed E-state index contributed by atoms with van der Waals surface area (Å²) >= 11 is 0. The fourth-order valence-electron chi connectivity index (χ4n) is 2.53. The minimum Gasteiger partial charge on any atom is -0.490 e. The number of hydrogen-bond donors (Lipinski definition) is 1. The molecule has 0 bridgehead atoms. The summed E-state index contributed by atoms with van der Waals surface area (Å²) in [5.74, 6) is 0.663. The van der Waals surface area contributed by atoms with Gasteiger partial charge in [0.25, 0.3) is 5.91 Å². The molecule has 0 fully saturated rings. The highest BCUT2D eigenvalue weighted by atomic mass is 16.5. The van der Waals surface area contributed by atoms with Crippen LogP contribution in [0.15, 0.2) is 36.4 Å². The quantitative estimate of drug-likeness (QED) is 0.732. The maximum atomic E-state index is 12.2. The van der Waals surface area contributed by atoms with E-state index in [1.807, 2.05) is 26.0 Å². The van der Waals surface area contributed by atoms with Crippen LogP contribution in [0.5, 0.6) is 11.5 Å². The standard InChI is InChI=1S/C21H25NO4/c1-5-25-20-11-17(12-23)7-9-19(20)26-13-21(24)22-16(4)18-8-6-14(2)15(3)10-18/h6-12,16H,5,13H2,1-4H3,(H,22,24). The van der Waals surface area contributed by atoms with E-state index in [0.29, 0.717) is 23.7 Å². The molecule has 0 radical (unpaired) electrons. The Bertz CT molecular complexity index is 786. The van der Waals surface area contributed by atoms with Crippen molar-refractivity contribution in [1.82, 2.24) is 5.32 Å². The Labute approximate surface area is 154 Å². The summed E-state index contributed by atoms with van der Waals surface area (Å²) in [5, 5.41) is 2.93. The van der Waals surface area contributed by atoms with E-state index in [1.54, 1.807) is 18.2 Å². The molecule has 2 aromatic rings. The van der Waals surface area contributed by atoms with Crippen LogP contribution >= 0.6 is 0 Å². The Morgan fingerprint density at radius 3 is 2.50 bits per heavy atom. The van der Waals surface area contributed by atoms with E-state index in [9.17, 15) is 9.59 Å². The van der Waals surface area contributed by atoms with Gasteiger partial charge in [0.05, 0.1) is 12.6 Å². The van der Waals surface area contributed by atoms with E-state index in [-0.39, 0.29) is 18.6 Å². The molecule has 1 amide bonds. The second kappa shape index (κ2) is 9.04. The molecule has 0 heterocycles. The van der Waals surface area contributed by atoms with Gasteiger partial charge in [-0.25, -0.2) is 0 Å². The van der Waals surface area contributed by atoms with E-state index < -0.39 is 0 Å². The second-order valence-corrected chi connectivity index (χ2v) is 6.18. The molecule has 0 spiro atoms. The fourth-order valence-corrected chi connectivity index (χ4v) is 2.53. The number of rotatable bonds is 8. The molecule has 2 aromatic carbocycles. The zero-order chi connectivity index (χ0) is 19.1. The summed E-state index contributed by atoms with van der Waals surface area (Å²) in [4.78, 5) is 23.1. The summed E-state index contributed by atoms with van der Waals surface area (Å²) in [6.45, 7) is 8.20. The molecular weight excluding hydrogens is 330 g/mol. The molecule has 0 aromatic heterocycles. The van der Waals surface area contributed by atoms with Crippen molar-refractivity contribution in [3.8, 4) is 11.5 Å². The number of benzene rings is 2. The van der Waals surface area contributed by atoms with E-state index in [1.165, 1.54) is 11.1 Å². The van der Waals surface area contributed by atoms with Crippen molar-refractivity contribution in [2.24, 2.45) is 0 Å². The molecule has 2 rings (SSSR count). The Morgan fingerprint density at radius 1 is 1.08 bits per heavy atom. The average molecular weight is 355 g/mol. The average Bonchev–Trinajstić information content (AvgIpc) is 2.63. The highest BCUT2D eigenvalue weighted by Gasteiger charge is 2.13. The van der Waals surface area contributed by atoms with Gasteiger partial charge in [-0.15, -0.1) is 0 Å². The normalized spacial score (nSPS) is 11.5. The summed E-state index contributed by atoms with van der Waals surface area (Å²) in [6, 6.07) is 10.9. The number of carbonyl (C=O) groups is 2. The van der Waals surface area contributed by atoms with Gasteiger partial charge in [-0.05, 0) is 62.6 Å². The molecule has 1 N–H and O–H groups in total. The number of carbonyl (C=O) groups excluding carboxylic acids is 2. The van der Waals surface area contributed by atoms with Crippen LogP contribution in [-0.2, 0) is 4.79 Å². The molecule has 26 heavy (non-hydrogen) atoms. The van der Waals surface area contributed by atoms with Crippen molar-refractivity contribution in [3.63, 3.8) is 0 Å². The van der Waals surface area contributed by atoms with Gasteiger partial charge >= 0.3 is 0 Å². The lowest BCUT2D eigenvalue weighted by molar-refractivity contribution is -0.123. The highest BCUT2D eigenvalue weighted by molar-refractivity contribution is 5.78. The smallest absolute Gasteiger partial charge is 0.258 e. The first-order valence-electron chi connectivity index (χ1n) is 8.66. The predicted octanol–water partition coefficient (Wildman–Crippen LogP) is 3.77. The van der Waals surface area contributed by atoms with Crippen molar-refractivity contribution < 1.29 is 19.1 Å². The van der Waals surface area contributed by atoms with Crippen LogP contribution in [0.1, 0.15) is 46.9 Å². The Morgan fingerprint density at radius 2 is 1.85 bits per heavy atom. The van der Waals surface area contributed by atoms with E-state index in [4.69, 9.17) is 9.47 Å². The summed E-state index contributed by atoms with van der Waals surface area (Å²) in [5.41, 5.74) is 3.95. The first kappa shape index (κ1) is 19.5. The summed E-state index contributed by atoms with van der Waals surface area (Å²) in [6.07, 6.45) is 0.740. The van der Waals surface area contributed by atoms with E-state index in [2.05, 4.69) is 25.2 Å². The van der Waals surface area contributed by atoms with Crippen molar-refractivity contribution in [2.45, 2.75) is 33.7 Å². The summed E-state index contributed by atoms with van der Waals surface area (Å²) < 4.78 is 11.0. The zero-order valence-electron chi connectivity index (χ0n) is 15.7. The molecule has 0 aliphatic rings. The summed E-state index contributed by atoms with van der Waals surface area (Å²) in [7, 11) is 0. The minimum absolute atomic E-state index is 0.116. The fraction of sp³-hybridized carbons (Fsp3) is 0.333. The van der Waals surface area contributed by atoms with Crippen LogP contribution < -0.4 is 14.8 Å². The van der Waals surface area contributed by atoms with E-state index >= 15 is 0 Å². The predicted molar refractivity (Wildman–Crippen MR) is 101 cm³/mol. The first-order chi connectivity index (χ1) is 12.4. The Hall–Kier alpha value is -2.82. The van der Waals surface area contributed by atoms with E-state index in [0.717, 1.165) is 11.8 Å². The molecule has 0 aliphatic heterocycles. The third-order valence-electron chi connectivity index (χ3n) is 4.17. The molecule has 5 heteroatoms. The van der Waals surface area contributed by atoms with Crippen LogP contribution in [0.4, 0.5) is 0 Å². The third-order valence-corrected chi connectivity index (χ3v) is 4.17. The maximum Gasteiger partial charge on any atom is 0.258 e. The maximum absolute atomic E-state index is 12.2. The molecule has 5 nitrogen and oxygen atoms in total. The lowest BCUT2D eigenvalue weighted by Gasteiger charge is -2.17. The molecule has 1 unspecified atom stereocenters. The largest absolute Gasteiger partial charge is 0.490 e. The Balaban J connectivity index is 1.97. The van der Waals surface area contributed by atoms with Gasteiger partial charge in [-0.3, -0.25) is 9.59 Å². The van der Waals surface area contributed by atoms with Crippen LogP contribution in [0.2, 0.25) is 0 Å². The lowest BCUT2D eigenvalue weighted by atomic mass is 10.0. The number of aryl methyl sites for hydroxylation is 2. The number of nitrogens with one attached hydrogen (secondary N) is 1. The molecule has 0 saturated heterocycles. The number of hydrogen-bond acceptors (Lipinski definition) is 4. The third kappa shape index (κ3) is 5.09. The zero-order valence-corrected chi connectivity index (χ0v) is 15.7. The molecule has 138 valence electrons. The topological polar surface area (TPSA) is 64.6 Å². The first-order valence-corrected chi connectivity index (χ1v) is 8.66. The second-order valence-electron chi connectivity index (χ2n) is 6.18. The van der Waals surface area contributed by atoms with Crippen molar-refractivity contribution in [1.29, 1.82) is 0 Å². The Kier molecular flexibility index (Phi) is 6.78. The minimum atomic E-state index is -0.224. The lowest BCUT2D eigenvalue weighted by Crippen LogP contribution is -2.31. The van der Waals surface area contributed by atoms with Gasteiger partial charge < -0.3 is 14.8 Å². The number of amides is 1. The van der Waals surface area contributed by atoms with Gasteiger partial charge in [-0.1, -0.05) is 18.2 Å². The van der Waals surface area contributed by atoms with Crippen molar-refractivity contribution in [3.05, 3.63) is 58.7 Å². The molecular formula is C21H25NO4. The van der Waals surface area contributed by atoms with Gasteiger partial charge in [0, 0.05) is 5.56 Å². The van der Waals surface area contributed by atoms with Crippen LogP contribution in [0.25, 0.3) is 0 Å². The molecule has 1 atom stereocenters. The van der Waals surface area contributed by atoms with Gasteiger partial charge in [0.1, 0.15) is 6.29 Å². The van der Waals surface area contributed by atoms with Gasteiger partial charge in [0.15, 0.2) is 18.1 Å².